The van der Waals surface area contributed by atoms with Crippen molar-refractivity contribution < 1.29 is 0 Å². The molecule has 0 amide bonds. The molecule has 55 heavy (non-hydrogen) atoms. The highest BCUT2D eigenvalue weighted by atomic mass is 32.1. The van der Waals surface area contributed by atoms with Gasteiger partial charge in [-0.25, -0.2) is 0 Å². The third kappa shape index (κ3) is 4.74. The van der Waals surface area contributed by atoms with Crippen molar-refractivity contribution in [3.05, 3.63) is 162 Å². The van der Waals surface area contributed by atoms with Crippen molar-refractivity contribution in [2.24, 2.45) is 0 Å². The van der Waals surface area contributed by atoms with Crippen LogP contribution >= 0.6 is 11.3 Å². The number of fused-ring (bicyclic) bond motifs is 8. The highest BCUT2D eigenvalue weighted by Crippen LogP contribution is 2.53. The number of nitrogens with zero attached hydrogens (tertiary/aromatic N) is 2. The van der Waals surface area contributed by atoms with Crippen LogP contribution < -0.4 is 25.5 Å². The largest absolute Gasteiger partial charge is 0.311 e. The average molecular weight is 727 g/mol. The molecular weight excluding hydrogens is 683 g/mol. The van der Waals surface area contributed by atoms with Gasteiger partial charge in [-0.05, 0) is 123 Å². The first kappa shape index (κ1) is 32.8. The van der Waals surface area contributed by atoms with Crippen molar-refractivity contribution >= 4 is 88.7 Å². The van der Waals surface area contributed by atoms with Gasteiger partial charge < -0.3 is 9.80 Å². The maximum Gasteiger partial charge on any atom is 0.264 e. The zero-order valence-corrected chi connectivity index (χ0v) is 33.0. The molecule has 1 aromatic heterocycles. The van der Waals surface area contributed by atoms with Gasteiger partial charge in [0.2, 0.25) is 0 Å². The number of anilines is 6. The highest BCUT2D eigenvalue weighted by molar-refractivity contribution is 7.33. The maximum absolute atomic E-state index is 2.66. The van der Waals surface area contributed by atoms with Crippen LogP contribution in [0.4, 0.5) is 34.1 Å². The van der Waals surface area contributed by atoms with E-state index in [2.05, 4.69) is 190 Å². The number of para-hydroxylation sites is 2. The minimum absolute atomic E-state index is 0.104. The second-order valence-corrected chi connectivity index (χ2v) is 18.3. The van der Waals surface area contributed by atoms with Crippen LogP contribution in [0.2, 0.25) is 0 Å². The summed E-state index contributed by atoms with van der Waals surface area (Å²) in [4.78, 5) is 5.17. The molecular formula is C51H43BN2S. The molecule has 1 aliphatic carbocycles. The summed E-state index contributed by atoms with van der Waals surface area (Å²) in [7, 11) is 0. The molecule has 0 fully saturated rings. The molecule has 8 aromatic rings. The van der Waals surface area contributed by atoms with Crippen LogP contribution in [-0.2, 0) is 10.8 Å². The van der Waals surface area contributed by atoms with Crippen molar-refractivity contribution in [2.45, 2.75) is 58.3 Å². The van der Waals surface area contributed by atoms with Gasteiger partial charge in [-0.1, -0.05) is 125 Å². The number of thiophene rings is 1. The Hall–Kier alpha value is -5.58. The Morgan fingerprint density at radius 1 is 0.545 bits per heavy atom. The van der Waals surface area contributed by atoms with Crippen LogP contribution in [0.5, 0.6) is 0 Å². The molecule has 7 aromatic carbocycles. The Kier molecular flexibility index (Phi) is 6.99. The fraction of sp³-hybridized carbons (Fsp3) is 0.176. The summed E-state index contributed by atoms with van der Waals surface area (Å²) in [6.07, 6.45) is 2.39. The summed E-state index contributed by atoms with van der Waals surface area (Å²) in [6.45, 7) is 12.2. The Morgan fingerprint density at radius 2 is 1.16 bits per heavy atom. The molecule has 2 nitrogen and oxygen atoms in total. The fourth-order valence-corrected chi connectivity index (χ4v) is 11.4. The van der Waals surface area contributed by atoms with E-state index in [1.54, 1.807) is 0 Å². The molecule has 0 saturated carbocycles. The van der Waals surface area contributed by atoms with Gasteiger partial charge in [-0.15, -0.1) is 11.3 Å². The third-order valence-corrected chi connectivity index (χ3v) is 14.1. The molecule has 266 valence electrons. The van der Waals surface area contributed by atoms with E-state index in [0.29, 0.717) is 0 Å². The van der Waals surface area contributed by atoms with E-state index in [-0.39, 0.29) is 17.5 Å². The van der Waals surface area contributed by atoms with E-state index in [1.807, 2.05) is 11.3 Å². The zero-order chi connectivity index (χ0) is 37.2. The predicted octanol–water partition coefficient (Wildman–Crippen LogP) is 12.5. The van der Waals surface area contributed by atoms with Gasteiger partial charge in [0.25, 0.3) is 6.71 Å². The average Bonchev–Trinajstić information content (AvgIpc) is 3.58. The van der Waals surface area contributed by atoms with E-state index >= 15 is 0 Å². The van der Waals surface area contributed by atoms with Gasteiger partial charge in [-0.2, -0.15) is 0 Å². The Bertz CT molecular complexity index is 2850. The van der Waals surface area contributed by atoms with E-state index in [0.717, 1.165) is 0 Å². The Morgan fingerprint density at radius 3 is 1.91 bits per heavy atom. The fourth-order valence-electron chi connectivity index (χ4n) is 10.1. The molecule has 0 radical (unpaired) electrons. The van der Waals surface area contributed by atoms with Crippen LogP contribution in [0.3, 0.4) is 0 Å². The first-order valence-corrected chi connectivity index (χ1v) is 20.6. The summed E-state index contributed by atoms with van der Waals surface area (Å²) in [5.74, 6) is 0. The quantitative estimate of drug-likeness (QED) is 0.167. The van der Waals surface area contributed by atoms with Crippen LogP contribution in [0.1, 0.15) is 57.2 Å². The van der Waals surface area contributed by atoms with Crippen LogP contribution in [0, 0.1) is 6.92 Å². The summed E-state index contributed by atoms with van der Waals surface area (Å²) in [5, 5.41) is 3.91. The van der Waals surface area contributed by atoms with Gasteiger partial charge in [-0.3, -0.25) is 0 Å². The van der Waals surface area contributed by atoms with Crippen molar-refractivity contribution in [2.75, 3.05) is 9.80 Å². The number of rotatable bonds is 3. The van der Waals surface area contributed by atoms with Crippen molar-refractivity contribution in [1.82, 2.24) is 0 Å². The van der Waals surface area contributed by atoms with Crippen molar-refractivity contribution in [1.29, 1.82) is 0 Å². The molecule has 0 spiro atoms. The Balaban J connectivity index is 1.28. The minimum atomic E-state index is 0.104. The first-order chi connectivity index (χ1) is 26.7. The predicted molar refractivity (Wildman–Crippen MR) is 239 cm³/mol. The lowest BCUT2D eigenvalue weighted by Gasteiger charge is -2.44. The van der Waals surface area contributed by atoms with Gasteiger partial charge in [0.1, 0.15) is 0 Å². The molecule has 0 N–H and O–H groups in total. The molecule has 2 aliphatic heterocycles. The molecule has 4 heteroatoms. The minimum Gasteiger partial charge on any atom is -0.311 e. The molecule has 0 atom stereocenters. The normalized spacial score (nSPS) is 16.1. The summed E-state index contributed by atoms with van der Waals surface area (Å²) in [6, 6.07) is 54.8. The molecule has 11 rings (SSSR count). The lowest BCUT2D eigenvalue weighted by atomic mass is 9.36. The number of aryl methyl sites for hydroxylation is 1. The van der Waals surface area contributed by atoms with E-state index < -0.39 is 0 Å². The van der Waals surface area contributed by atoms with Crippen LogP contribution in [0.25, 0.3) is 32.0 Å². The lowest BCUT2D eigenvalue weighted by Crippen LogP contribution is -2.60. The molecule has 0 saturated heterocycles. The molecule has 3 heterocycles. The number of hydrogen-bond donors (Lipinski definition) is 0. The van der Waals surface area contributed by atoms with Crippen molar-refractivity contribution in [3.63, 3.8) is 0 Å². The highest BCUT2D eigenvalue weighted by Gasteiger charge is 2.46. The van der Waals surface area contributed by atoms with Crippen molar-refractivity contribution in [3.8, 4) is 11.1 Å². The van der Waals surface area contributed by atoms with Gasteiger partial charge in [0, 0.05) is 43.0 Å². The number of hydrogen-bond acceptors (Lipinski definition) is 3. The monoisotopic (exact) mass is 726 g/mol. The van der Waals surface area contributed by atoms with E-state index in [4.69, 9.17) is 0 Å². The molecule has 0 bridgehead atoms. The van der Waals surface area contributed by atoms with Gasteiger partial charge >= 0.3 is 0 Å². The van der Waals surface area contributed by atoms with Crippen LogP contribution in [0.15, 0.2) is 146 Å². The maximum atomic E-state index is 2.66. The van der Waals surface area contributed by atoms with E-state index in [1.165, 1.54) is 111 Å². The van der Waals surface area contributed by atoms with Gasteiger partial charge in [0.15, 0.2) is 0 Å². The first-order valence-electron chi connectivity index (χ1n) is 19.8. The summed E-state index contributed by atoms with van der Waals surface area (Å²) < 4.78 is 2.82. The summed E-state index contributed by atoms with van der Waals surface area (Å²) >= 11 is 2.02. The molecule has 0 unspecified atom stereocenters. The lowest BCUT2D eigenvalue weighted by molar-refractivity contribution is 0.332. The smallest absolute Gasteiger partial charge is 0.264 e. The second kappa shape index (κ2) is 11.7. The van der Waals surface area contributed by atoms with Crippen LogP contribution in [-0.4, -0.2) is 6.71 Å². The Labute approximate surface area is 328 Å². The zero-order valence-electron chi connectivity index (χ0n) is 32.2. The second-order valence-electron chi connectivity index (χ2n) is 17.2. The third-order valence-electron chi connectivity index (χ3n) is 12.9. The van der Waals surface area contributed by atoms with Gasteiger partial charge in [0.05, 0.1) is 11.4 Å². The topological polar surface area (TPSA) is 6.48 Å². The SMILES string of the molecule is Cc1cc2c3c(c1)N(c1ccc(-c4ccccc4)c4ccccc14)c1c(sc4cc5c(cc14)C(C)(C)CCC5(C)C)B3c1ccccc1N2c1ccccc1. The van der Waals surface area contributed by atoms with E-state index in [9.17, 15) is 0 Å². The number of benzene rings is 7. The standard InChI is InChI=1S/C51H43BN2S/c1-32-28-44-47-45(29-32)54(42-25-24-35(33-16-8-6-9-17-33)36-20-12-13-21-37(36)42)48-38-30-39-40(51(4,5)27-26-50(39,2)3)31-46(38)55-49(48)52(47)41-22-14-15-23-43(41)53(44)34-18-10-7-11-19-34/h6-25,28-31H,26-27H2,1-5H3. The summed E-state index contributed by atoms with van der Waals surface area (Å²) in [5.41, 5.74) is 17.3. The molecule has 3 aliphatic rings.